The van der Waals surface area contributed by atoms with Gasteiger partial charge in [0.05, 0.1) is 13.2 Å². The van der Waals surface area contributed by atoms with E-state index in [0.29, 0.717) is 30.3 Å². The van der Waals surface area contributed by atoms with Gasteiger partial charge in [0.1, 0.15) is 6.67 Å². The minimum Gasteiger partial charge on any atom is -0.491 e. The molecule has 0 aromatic heterocycles. The van der Waals surface area contributed by atoms with Gasteiger partial charge in [-0.3, -0.25) is 0 Å². The first kappa shape index (κ1) is 25.7. The van der Waals surface area contributed by atoms with Gasteiger partial charge in [0, 0.05) is 0 Å². The minimum atomic E-state index is -0.988. The fourth-order valence-corrected chi connectivity index (χ4v) is 5.69. The normalized spacial score (nSPS) is 25.0. The molecule has 2 nitrogen and oxygen atoms in total. The van der Waals surface area contributed by atoms with Crippen LogP contribution in [-0.2, 0) is 0 Å². The van der Waals surface area contributed by atoms with Crippen LogP contribution in [0.5, 0.6) is 11.5 Å². The van der Waals surface area contributed by atoms with E-state index in [-0.39, 0.29) is 24.8 Å². The number of allylic oxidation sites excluding steroid dienone is 2. The summed E-state index contributed by atoms with van der Waals surface area (Å²) in [6.45, 7) is 2.05. The lowest BCUT2D eigenvalue weighted by Gasteiger charge is -2.30. The number of alkyl halides is 1. The molecule has 2 aliphatic carbocycles. The average Bonchev–Trinajstić information content (AvgIpc) is 2.90. The molecule has 35 heavy (non-hydrogen) atoms. The van der Waals surface area contributed by atoms with E-state index in [4.69, 9.17) is 9.47 Å². The third kappa shape index (κ3) is 6.62. The first-order chi connectivity index (χ1) is 17.1. The molecular weight excluding hydrogens is 449 g/mol. The van der Waals surface area contributed by atoms with Gasteiger partial charge >= 0.3 is 0 Å². The summed E-state index contributed by atoms with van der Waals surface area (Å²) in [7, 11) is 0. The maximum absolute atomic E-state index is 14.3. The Morgan fingerprint density at radius 1 is 0.743 bits per heavy atom. The van der Waals surface area contributed by atoms with Gasteiger partial charge in [-0.1, -0.05) is 36.4 Å². The Balaban J connectivity index is 1.23. The molecule has 2 aromatic rings. The Labute approximate surface area is 207 Å². The Hall–Kier alpha value is -2.43. The van der Waals surface area contributed by atoms with Crippen molar-refractivity contribution in [2.45, 2.75) is 70.1 Å². The molecule has 0 atom stereocenters. The Morgan fingerprint density at radius 2 is 1.26 bits per heavy atom. The van der Waals surface area contributed by atoms with Gasteiger partial charge in [-0.05, 0) is 105 Å². The molecule has 0 spiro atoms. The van der Waals surface area contributed by atoms with Gasteiger partial charge in [-0.25, -0.2) is 4.39 Å². The number of rotatable bonds is 9. The van der Waals surface area contributed by atoms with Crippen LogP contribution >= 0.6 is 0 Å². The lowest BCUT2D eigenvalue weighted by molar-refractivity contribution is 0.191. The molecule has 2 saturated carbocycles. The second kappa shape index (κ2) is 12.5. The zero-order chi connectivity index (χ0) is 24.6. The molecule has 0 amide bonds. The highest BCUT2D eigenvalue weighted by Crippen LogP contribution is 2.39. The highest BCUT2D eigenvalue weighted by atomic mass is 19.2. The van der Waals surface area contributed by atoms with Crippen LogP contribution in [-0.4, -0.2) is 19.9 Å². The van der Waals surface area contributed by atoms with Gasteiger partial charge in [-0.15, -0.1) is 0 Å². The Bertz CT molecular complexity index is 956. The van der Waals surface area contributed by atoms with Crippen molar-refractivity contribution in [1.82, 2.24) is 0 Å². The summed E-state index contributed by atoms with van der Waals surface area (Å²) in [6.07, 6.45) is 12.5. The van der Waals surface area contributed by atoms with E-state index in [1.165, 1.54) is 36.1 Å². The van der Waals surface area contributed by atoms with Crippen molar-refractivity contribution in [3.8, 4) is 11.5 Å². The molecule has 5 heteroatoms. The number of ether oxygens (including phenoxy) is 2. The maximum Gasteiger partial charge on any atom is 0.204 e. The highest BCUT2D eigenvalue weighted by Gasteiger charge is 2.25. The highest BCUT2D eigenvalue weighted by molar-refractivity contribution is 5.35. The zero-order valence-corrected chi connectivity index (χ0v) is 20.7. The molecule has 2 aliphatic rings. The van der Waals surface area contributed by atoms with E-state index in [0.717, 1.165) is 38.5 Å². The molecule has 2 aromatic carbocycles. The number of halogens is 3. The SMILES string of the molecule is CCOc1ccc(OCC2CCC(c3ccc(C4CCC(C=CCF)CC4)cc3)CC2)c(F)c1F. The first-order valence-electron chi connectivity index (χ1n) is 13.1. The van der Waals surface area contributed by atoms with Crippen molar-refractivity contribution in [1.29, 1.82) is 0 Å². The Morgan fingerprint density at radius 3 is 1.77 bits per heavy atom. The van der Waals surface area contributed by atoms with Crippen LogP contribution in [0.25, 0.3) is 0 Å². The topological polar surface area (TPSA) is 18.5 Å². The molecule has 0 unspecified atom stereocenters. The predicted molar refractivity (Wildman–Crippen MR) is 134 cm³/mol. The van der Waals surface area contributed by atoms with Crippen molar-refractivity contribution < 1.29 is 22.6 Å². The van der Waals surface area contributed by atoms with Crippen LogP contribution in [0.15, 0.2) is 48.6 Å². The molecule has 0 saturated heterocycles. The molecule has 4 rings (SSSR count). The smallest absolute Gasteiger partial charge is 0.204 e. The van der Waals surface area contributed by atoms with Crippen LogP contribution in [0, 0.1) is 23.5 Å². The fraction of sp³-hybridized carbons (Fsp3) is 0.533. The number of benzene rings is 2. The number of hydrogen-bond acceptors (Lipinski definition) is 2. The maximum atomic E-state index is 14.3. The molecule has 190 valence electrons. The molecular formula is C30H37F3O2. The molecule has 0 bridgehead atoms. The largest absolute Gasteiger partial charge is 0.491 e. The quantitative estimate of drug-likeness (QED) is 0.331. The van der Waals surface area contributed by atoms with E-state index < -0.39 is 11.6 Å². The van der Waals surface area contributed by atoms with Crippen LogP contribution < -0.4 is 9.47 Å². The molecule has 0 radical (unpaired) electrons. The van der Waals surface area contributed by atoms with Gasteiger partial charge in [0.2, 0.25) is 11.6 Å². The summed E-state index contributed by atoms with van der Waals surface area (Å²) < 4.78 is 51.4. The lowest BCUT2D eigenvalue weighted by Crippen LogP contribution is -2.19. The van der Waals surface area contributed by atoms with E-state index >= 15 is 0 Å². The zero-order valence-electron chi connectivity index (χ0n) is 20.7. The second-order valence-electron chi connectivity index (χ2n) is 10.0. The molecule has 0 N–H and O–H groups in total. The third-order valence-corrected chi connectivity index (χ3v) is 7.78. The van der Waals surface area contributed by atoms with Crippen LogP contribution in [0.4, 0.5) is 13.2 Å². The molecule has 0 aliphatic heterocycles. The third-order valence-electron chi connectivity index (χ3n) is 7.78. The molecule has 0 heterocycles. The van der Waals surface area contributed by atoms with Gasteiger partial charge < -0.3 is 9.47 Å². The summed E-state index contributed by atoms with van der Waals surface area (Å²) in [5.74, 6) is -0.0565. The monoisotopic (exact) mass is 486 g/mol. The standard InChI is InChI=1S/C30H37F3O2/c1-2-34-27-17-18-28(30(33)29(27)32)35-20-22-7-11-24(12-8-22)26-15-13-25(14-16-26)23-9-5-21(6-10-23)4-3-19-31/h3-4,13-18,21-24H,2,5-12,19-20H2,1H3. The van der Waals surface area contributed by atoms with Crippen LogP contribution in [0.3, 0.4) is 0 Å². The average molecular weight is 487 g/mol. The summed E-state index contributed by atoms with van der Waals surface area (Å²) >= 11 is 0. The van der Waals surface area contributed by atoms with E-state index in [1.54, 1.807) is 13.0 Å². The van der Waals surface area contributed by atoms with Gasteiger partial charge in [0.15, 0.2) is 11.5 Å². The van der Waals surface area contributed by atoms with Gasteiger partial charge in [0.25, 0.3) is 0 Å². The Kier molecular flexibility index (Phi) is 9.17. The van der Waals surface area contributed by atoms with Crippen molar-refractivity contribution >= 4 is 0 Å². The summed E-state index contributed by atoms with van der Waals surface area (Å²) in [5.41, 5.74) is 2.82. The summed E-state index contributed by atoms with van der Waals surface area (Å²) in [5, 5.41) is 0. The van der Waals surface area contributed by atoms with Crippen molar-refractivity contribution in [2.24, 2.45) is 11.8 Å². The van der Waals surface area contributed by atoms with Crippen molar-refractivity contribution in [2.75, 3.05) is 19.9 Å². The van der Waals surface area contributed by atoms with Crippen molar-refractivity contribution in [3.63, 3.8) is 0 Å². The van der Waals surface area contributed by atoms with Crippen molar-refractivity contribution in [3.05, 3.63) is 71.3 Å². The molecule has 2 fully saturated rings. The van der Waals surface area contributed by atoms with Crippen LogP contribution in [0.1, 0.15) is 81.3 Å². The van der Waals surface area contributed by atoms with Crippen LogP contribution in [0.2, 0.25) is 0 Å². The van der Waals surface area contributed by atoms with E-state index in [1.807, 2.05) is 6.08 Å². The minimum absolute atomic E-state index is 0.0452. The van der Waals surface area contributed by atoms with Gasteiger partial charge in [-0.2, -0.15) is 8.78 Å². The first-order valence-corrected chi connectivity index (χ1v) is 13.1. The van der Waals surface area contributed by atoms with E-state index in [9.17, 15) is 13.2 Å². The summed E-state index contributed by atoms with van der Waals surface area (Å²) in [6, 6.07) is 12.1. The predicted octanol–water partition coefficient (Wildman–Crippen LogP) is 8.52. The van der Waals surface area contributed by atoms with E-state index in [2.05, 4.69) is 24.3 Å². The lowest BCUT2D eigenvalue weighted by atomic mass is 9.76. The second-order valence-corrected chi connectivity index (χ2v) is 10.0. The number of hydrogen-bond donors (Lipinski definition) is 0. The summed E-state index contributed by atoms with van der Waals surface area (Å²) in [4.78, 5) is 0. The fourth-order valence-electron chi connectivity index (χ4n) is 5.69.